The molecule has 0 radical (unpaired) electrons. The van der Waals surface area contributed by atoms with Crippen LogP contribution in [0.25, 0.3) is 0 Å². The van der Waals surface area contributed by atoms with Crippen LogP contribution in [-0.4, -0.2) is 55.3 Å². The molecule has 3 rings (SSSR count). The smallest absolute Gasteiger partial charge is 0.225 e. The van der Waals surface area contributed by atoms with Crippen molar-refractivity contribution in [2.75, 3.05) is 45.3 Å². The van der Waals surface area contributed by atoms with Crippen LogP contribution < -0.4 is 14.4 Å². The summed E-state index contributed by atoms with van der Waals surface area (Å²) in [6.07, 6.45) is 4.83. The summed E-state index contributed by atoms with van der Waals surface area (Å²) in [7, 11) is 3.37. The Morgan fingerprint density at radius 1 is 1.00 bits per heavy atom. The van der Waals surface area contributed by atoms with Crippen LogP contribution in [-0.2, 0) is 13.0 Å². The molecule has 0 saturated carbocycles. The summed E-state index contributed by atoms with van der Waals surface area (Å²) in [6.45, 7) is 6.82. The number of benzene rings is 1. The SMILES string of the molecule is CCc1cnc(N2CCN(Cc3ccc(OC)cc3OC)CC2)nc1. The van der Waals surface area contributed by atoms with E-state index >= 15 is 0 Å². The normalized spacial score (nSPS) is 15.2. The van der Waals surface area contributed by atoms with Gasteiger partial charge in [-0.3, -0.25) is 4.90 Å². The summed E-state index contributed by atoms with van der Waals surface area (Å²) >= 11 is 0. The molecule has 0 spiro atoms. The van der Waals surface area contributed by atoms with Crippen LogP contribution in [0, 0.1) is 0 Å². The molecule has 6 nitrogen and oxygen atoms in total. The summed E-state index contributed by atoms with van der Waals surface area (Å²) in [5.41, 5.74) is 2.36. The summed E-state index contributed by atoms with van der Waals surface area (Å²) in [6, 6.07) is 6.00. The number of methoxy groups -OCH3 is 2. The van der Waals surface area contributed by atoms with Crippen molar-refractivity contribution in [3.05, 3.63) is 41.7 Å². The van der Waals surface area contributed by atoms with Crippen LogP contribution in [0.15, 0.2) is 30.6 Å². The summed E-state index contributed by atoms with van der Waals surface area (Å²) in [4.78, 5) is 13.7. The molecule has 1 saturated heterocycles. The average molecular weight is 342 g/mol. The van der Waals surface area contributed by atoms with Crippen molar-refractivity contribution in [2.45, 2.75) is 19.9 Å². The number of anilines is 1. The Kier molecular flexibility index (Phi) is 5.71. The number of aromatic nitrogens is 2. The third-order valence-corrected chi connectivity index (χ3v) is 4.64. The highest BCUT2D eigenvalue weighted by molar-refractivity contribution is 5.41. The Labute approximate surface area is 149 Å². The van der Waals surface area contributed by atoms with E-state index in [2.05, 4.69) is 32.8 Å². The minimum absolute atomic E-state index is 0.818. The Morgan fingerprint density at radius 3 is 2.32 bits per heavy atom. The first kappa shape index (κ1) is 17.5. The molecule has 1 fully saturated rings. The lowest BCUT2D eigenvalue weighted by atomic mass is 10.1. The van der Waals surface area contributed by atoms with E-state index < -0.39 is 0 Å². The quantitative estimate of drug-likeness (QED) is 0.803. The molecule has 1 aromatic heterocycles. The van der Waals surface area contributed by atoms with Gasteiger partial charge >= 0.3 is 0 Å². The van der Waals surface area contributed by atoms with Crippen LogP contribution in [0.3, 0.4) is 0 Å². The molecule has 134 valence electrons. The Morgan fingerprint density at radius 2 is 1.72 bits per heavy atom. The fraction of sp³-hybridized carbons (Fsp3) is 0.474. The van der Waals surface area contributed by atoms with Crippen molar-refractivity contribution in [1.29, 1.82) is 0 Å². The number of ether oxygens (including phenoxy) is 2. The van der Waals surface area contributed by atoms with Crippen molar-refractivity contribution in [3.8, 4) is 11.5 Å². The first-order chi connectivity index (χ1) is 12.2. The Balaban J connectivity index is 1.59. The first-order valence-electron chi connectivity index (χ1n) is 8.72. The summed E-state index contributed by atoms with van der Waals surface area (Å²) in [5.74, 6) is 2.53. The topological polar surface area (TPSA) is 50.7 Å². The van der Waals surface area contributed by atoms with Crippen LogP contribution in [0.2, 0.25) is 0 Å². The minimum atomic E-state index is 0.818. The number of nitrogens with zero attached hydrogens (tertiary/aromatic N) is 4. The maximum atomic E-state index is 5.50. The van der Waals surface area contributed by atoms with E-state index in [-0.39, 0.29) is 0 Å². The van der Waals surface area contributed by atoms with Gasteiger partial charge in [0.1, 0.15) is 11.5 Å². The standard InChI is InChI=1S/C19H26N4O2/c1-4-15-12-20-19(21-13-15)23-9-7-22(8-10-23)14-16-5-6-17(24-2)11-18(16)25-3/h5-6,11-13H,4,7-10,14H2,1-3H3. The highest BCUT2D eigenvalue weighted by Gasteiger charge is 2.20. The van der Waals surface area contributed by atoms with Gasteiger partial charge < -0.3 is 14.4 Å². The average Bonchev–Trinajstić information content (AvgIpc) is 2.69. The number of hydrogen-bond acceptors (Lipinski definition) is 6. The van der Waals surface area contributed by atoms with E-state index in [1.54, 1.807) is 14.2 Å². The minimum Gasteiger partial charge on any atom is -0.497 e. The molecule has 25 heavy (non-hydrogen) atoms. The summed E-state index contributed by atoms with van der Waals surface area (Å²) in [5, 5.41) is 0. The third-order valence-electron chi connectivity index (χ3n) is 4.64. The number of piperazine rings is 1. The zero-order chi connectivity index (χ0) is 17.6. The van der Waals surface area contributed by atoms with Gasteiger partial charge in [-0.15, -0.1) is 0 Å². The van der Waals surface area contributed by atoms with Gasteiger partial charge in [0.15, 0.2) is 0 Å². The third kappa shape index (κ3) is 4.20. The van der Waals surface area contributed by atoms with Crippen LogP contribution in [0.1, 0.15) is 18.1 Å². The lowest BCUT2D eigenvalue weighted by molar-refractivity contribution is 0.245. The number of aryl methyl sites for hydroxylation is 1. The van der Waals surface area contributed by atoms with E-state index in [0.29, 0.717) is 0 Å². The van der Waals surface area contributed by atoms with Crippen molar-refractivity contribution >= 4 is 5.95 Å². The van der Waals surface area contributed by atoms with Gasteiger partial charge in [0.05, 0.1) is 14.2 Å². The molecule has 1 aliphatic heterocycles. The molecule has 0 amide bonds. The molecule has 0 aliphatic carbocycles. The number of rotatable bonds is 6. The molecule has 2 aromatic rings. The Bertz CT molecular complexity index is 682. The Hall–Kier alpha value is -2.34. The van der Waals surface area contributed by atoms with Crippen LogP contribution >= 0.6 is 0 Å². The molecule has 1 aromatic carbocycles. The van der Waals surface area contributed by atoms with Crippen molar-refractivity contribution in [1.82, 2.24) is 14.9 Å². The second kappa shape index (κ2) is 8.16. The van der Waals surface area contributed by atoms with E-state index in [1.165, 1.54) is 11.1 Å². The maximum Gasteiger partial charge on any atom is 0.225 e. The number of hydrogen-bond donors (Lipinski definition) is 0. The largest absolute Gasteiger partial charge is 0.497 e. The first-order valence-corrected chi connectivity index (χ1v) is 8.72. The molecule has 0 unspecified atom stereocenters. The molecule has 0 atom stereocenters. The molecule has 0 bridgehead atoms. The molecule has 1 aliphatic rings. The van der Waals surface area contributed by atoms with E-state index in [9.17, 15) is 0 Å². The predicted octanol–water partition coefficient (Wildman–Crippen LogP) is 2.38. The molecular weight excluding hydrogens is 316 g/mol. The van der Waals surface area contributed by atoms with E-state index in [0.717, 1.165) is 56.6 Å². The maximum absolute atomic E-state index is 5.50. The molecular formula is C19H26N4O2. The van der Waals surface area contributed by atoms with E-state index in [1.807, 2.05) is 24.5 Å². The van der Waals surface area contributed by atoms with Crippen LogP contribution in [0.4, 0.5) is 5.95 Å². The van der Waals surface area contributed by atoms with Crippen molar-refractivity contribution in [2.24, 2.45) is 0 Å². The van der Waals surface area contributed by atoms with Gasteiger partial charge in [-0.1, -0.05) is 13.0 Å². The molecule has 0 N–H and O–H groups in total. The monoisotopic (exact) mass is 342 g/mol. The van der Waals surface area contributed by atoms with Gasteiger partial charge in [0.2, 0.25) is 5.95 Å². The second-order valence-corrected chi connectivity index (χ2v) is 6.19. The fourth-order valence-electron chi connectivity index (χ4n) is 3.02. The van der Waals surface area contributed by atoms with Gasteiger partial charge in [0, 0.05) is 56.7 Å². The van der Waals surface area contributed by atoms with Gasteiger partial charge in [-0.05, 0) is 18.1 Å². The highest BCUT2D eigenvalue weighted by Crippen LogP contribution is 2.26. The van der Waals surface area contributed by atoms with E-state index in [4.69, 9.17) is 9.47 Å². The van der Waals surface area contributed by atoms with Crippen molar-refractivity contribution < 1.29 is 9.47 Å². The lowest BCUT2D eigenvalue weighted by Gasteiger charge is -2.34. The van der Waals surface area contributed by atoms with Crippen molar-refractivity contribution in [3.63, 3.8) is 0 Å². The zero-order valence-electron chi connectivity index (χ0n) is 15.2. The predicted molar refractivity (Wildman–Crippen MR) is 98.4 cm³/mol. The zero-order valence-corrected chi connectivity index (χ0v) is 15.2. The van der Waals surface area contributed by atoms with Gasteiger partial charge in [-0.25, -0.2) is 9.97 Å². The van der Waals surface area contributed by atoms with Crippen LogP contribution in [0.5, 0.6) is 11.5 Å². The fourth-order valence-corrected chi connectivity index (χ4v) is 3.02. The second-order valence-electron chi connectivity index (χ2n) is 6.19. The van der Waals surface area contributed by atoms with Gasteiger partial charge in [-0.2, -0.15) is 0 Å². The molecule has 2 heterocycles. The highest BCUT2D eigenvalue weighted by atomic mass is 16.5. The lowest BCUT2D eigenvalue weighted by Crippen LogP contribution is -2.46. The summed E-state index contributed by atoms with van der Waals surface area (Å²) < 4.78 is 10.8. The molecule has 6 heteroatoms. The van der Waals surface area contributed by atoms with Gasteiger partial charge in [0.25, 0.3) is 0 Å².